The molecule has 0 atom stereocenters. The molecule has 0 aliphatic carbocycles. The van der Waals surface area contributed by atoms with Crippen LogP contribution in [0.15, 0.2) is 53.7 Å². The molecule has 27 heavy (non-hydrogen) atoms. The average Bonchev–Trinajstić information content (AvgIpc) is 3.06. The zero-order chi connectivity index (χ0) is 19.2. The van der Waals surface area contributed by atoms with E-state index in [-0.39, 0.29) is 11.7 Å². The van der Waals surface area contributed by atoms with Crippen LogP contribution in [0.25, 0.3) is 11.4 Å². The summed E-state index contributed by atoms with van der Waals surface area (Å²) in [6.45, 7) is 0. The molecule has 1 heterocycles. The molecule has 3 rings (SSSR count). The molecule has 1 N–H and O–H groups in total. The van der Waals surface area contributed by atoms with Gasteiger partial charge < -0.3 is 19.4 Å². The SMILES string of the molecule is COc1cccc(NC(=O)CSc2nnc(-c3ccccc3OC)n2C)c1. The number of nitrogens with zero attached hydrogens (tertiary/aromatic N) is 3. The molecule has 0 fully saturated rings. The first-order valence-corrected chi connectivity index (χ1v) is 9.20. The Bertz CT molecular complexity index is 942. The van der Waals surface area contributed by atoms with Crippen LogP contribution in [-0.4, -0.2) is 40.6 Å². The quantitative estimate of drug-likeness (QED) is 0.630. The lowest BCUT2D eigenvalue weighted by atomic mass is 10.2. The Morgan fingerprint density at radius 2 is 1.93 bits per heavy atom. The lowest BCUT2D eigenvalue weighted by Crippen LogP contribution is -2.14. The minimum absolute atomic E-state index is 0.130. The second kappa shape index (κ2) is 8.59. The van der Waals surface area contributed by atoms with E-state index in [1.807, 2.05) is 54.1 Å². The summed E-state index contributed by atoms with van der Waals surface area (Å²) in [7, 11) is 5.07. The highest BCUT2D eigenvalue weighted by atomic mass is 32.2. The fourth-order valence-electron chi connectivity index (χ4n) is 2.53. The van der Waals surface area contributed by atoms with E-state index in [0.29, 0.717) is 22.4 Å². The number of hydrogen-bond donors (Lipinski definition) is 1. The van der Waals surface area contributed by atoms with Gasteiger partial charge in [-0.2, -0.15) is 0 Å². The molecule has 140 valence electrons. The van der Waals surface area contributed by atoms with E-state index in [9.17, 15) is 4.79 Å². The molecule has 2 aromatic carbocycles. The van der Waals surface area contributed by atoms with Crippen LogP contribution in [0.1, 0.15) is 0 Å². The van der Waals surface area contributed by atoms with Crippen molar-refractivity contribution in [2.75, 3.05) is 25.3 Å². The van der Waals surface area contributed by atoms with Crippen LogP contribution in [0.3, 0.4) is 0 Å². The molecule has 0 bridgehead atoms. The average molecular weight is 384 g/mol. The number of anilines is 1. The Kier molecular flexibility index (Phi) is 5.97. The summed E-state index contributed by atoms with van der Waals surface area (Å²) in [5, 5.41) is 11.9. The number of rotatable bonds is 7. The van der Waals surface area contributed by atoms with Gasteiger partial charge in [0.2, 0.25) is 5.91 Å². The Labute approximate surface area is 161 Å². The number of ether oxygens (including phenoxy) is 2. The van der Waals surface area contributed by atoms with Crippen molar-refractivity contribution in [3.05, 3.63) is 48.5 Å². The van der Waals surface area contributed by atoms with Crippen molar-refractivity contribution < 1.29 is 14.3 Å². The van der Waals surface area contributed by atoms with Gasteiger partial charge in [-0.3, -0.25) is 4.79 Å². The summed E-state index contributed by atoms with van der Waals surface area (Å²) >= 11 is 1.32. The second-order valence-electron chi connectivity index (χ2n) is 5.63. The summed E-state index contributed by atoms with van der Waals surface area (Å²) in [6.07, 6.45) is 0. The molecule has 0 radical (unpaired) electrons. The van der Waals surface area contributed by atoms with Crippen molar-refractivity contribution in [2.45, 2.75) is 5.16 Å². The molecule has 0 aliphatic heterocycles. The summed E-state index contributed by atoms with van der Waals surface area (Å²) in [4.78, 5) is 12.2. The monoisotopic (exact) mass is 384 g/mol. The van der Waals surface area contributed by atoms with Gasteiger partial charge >= 0.3 is 0 Å². The number of benzene rings is 2. The van der Waals surface area contributed by atoms with Gasteiger partial charge in [-0.1, -0.05) is 30.0 Å². The van der Waals surface area contributed by atoms with Gasteiger partial charge in [0, 0.05) is 18.8 Å². The van der Waals surface area contributed by atoms with E-state index in [0.717, 1.165) is 11.3 Å². The van der Waals surface area contributed by atoms with Crippen LogP contribution < -0.4 is 14.8 Å². The number of thioether (sulfide) groups is 1. The van der Waals surface area contributed by atoms with Crippen molar-refractivity contribution in [2.24, 2.45) is 7.05 Å². The van der Waals surface area contributed by atoms with Gasteiger partial charge in [-0.05, 0) is 24.3 Å². The molecule has 8 heteroatoms. The first-order valence-electron chi connectivity index (χ1n) is 8.22. The molecule has 0 saturated carbocycles. The van der Waals surface area contributed by atoms with Crippen molar-refractivity contribution in [3.63, 3.8) is 0 Å². The second-order valence-corrected chi connectivity index (χ2v) is 6.58. The largest absolute Gasteiger partial charge is 0.497 e. The lowest BCUT2D eigenvalue weighted by molar-refractivity contribution is -0.113. The molecular weight excluding hydrogens is 364 g/mol. The van der Waals surface area contributed by atoms with Gasteiger partial charge in [0.25, 0.3) is 0 Å². The highest BCUT2D eigenvalue weighted by Gasteiger charge is 2.15. The third kappa shape index (κ3) is 4.40. The summed E-state index contributed by atoms with van der Waals surface area (Å²) in [5.74, 6) is 2.18. The van der Waals surface area contributed by atoms with E-state index >= 15 is 0 Å². The van der Waals surface area contributed by atoms with Gasteiger partial charge in [-0.15, -0.1) is 10.2 Å². The van der Waals surface area contributed by atoms with E-state index in [1.54, 1.807) is 20.3 Å². The van der Waals surface area contributed by atoms with Crippen LogP contribution in [-0.2, 0) is 11.8 Å². The van der Waals surface area contributed by atoms with Crippen LogP contribution in [0.2, 0.25) is 0 Å². The highest BCUT2D eigenvalue weighted by molar-refractivity contribution is 7.99. The minimum atomic E-state index is -0.130. The van der Waals surface area contributed by atoms with E-state index in [1.165, 1.54) is 11.8 Å². The number of methoxy groups -OCH3 is 2. The van der Waals surface area contributed by atoms with Crippen molar-refractivity contribution in [1.82, 2.24) is 14.8 Å². The number of para-hydroxylation sites is 1. The number of amides is 1. The standard InChI is InChI=1S/C19H20N4O3S/c1-23-18(15-9-4-5-10-16(15)26-3)21-22-19(23)27-12-17(24)20-13-7-6-8-14(11-13)25-2/h4-11H,12H2,1-3H3,(H,20,24). The highest BCUT2D eigenvalue weighted by Crippen LogP contribution is 2.30. The number of aromatic nitrogens is 3. The summed E-state index contributed by atoms with van der Waals surface area (Å²) in [6, 6.07) is 14.8. The Balaban J connectivity index is 1.66. The summed E-state index contributed by atoms with van der Waals surface area (Å²) in [5.41, 5.74) is 1.54. The van der Waals surface area contributed by atoms with Crippen LogP contribution >= 0.6 is 11.8 Å². The molecule has 0 unspecified atom stereocenters. The smallest absolute Gasteiger partial charge is 0.234 e. The maximum atomic E-state index is 12.2. The molecular formula is C19H20N4O3S. The zero-order valence-corrected chi connectivity index (χ0v) is 16.1. The van der Waals surface area contributed by atoms with Crippen molar-refractivity contribution >= 4 is 23.4 Å². The topological polar surface area (TPSA) is 78.3 Å². The first-order chi connectivity index (χ1) is 13.1. The maximum Gasteiger partial charge on any atom is 0.234 e. The van der Waals surface area contributed by atoms with Gasteiger partial charge in [0.1, 0.15) is 11.5 Å². The van der Waals surface area contributed by atoms with Crippen LogP contribution in [0, 0.1) is 0 Å². The molecule has 3 aromatic rings. The molecule has 1 aromatic heterocycles. The number of nitrogens with one attached hydrogen (secondary N) is 1. The van der Waals surface area contributed by atoms with Crippen LogP contribution in [0.4, 0.5) is 5.69 Å². The molecule has 7 nitrogen and oxygen atoms in total. The first kappa shape index (κ1) is 18.8. The van der Waals surface area contributed by atoms with Gasteiger partial charge in [0.05, 0.1) is 25.5 Å². The molecule has 1 amide bonds. The van der Waals surface area contributed by atoms with Crippen LogP contribution in [0.5, 0.6) is 11.5 Å². The Hall–Kier alpha value is -3.00. The lowest BCUT2D eigenvalue weighted by Gasteiger charge is -2.08. The van der Waals surface area contributed by atoms with E-state index < -0.39 is 0 Å². The number of hydrogen-bond acceptors (Lipinski definition) is 6. The minimum Gasteiger partial charge on any atom is -0.497 e. The summed E-state index contributed by atoms with van der Waals surface area (Å²) < 4.78 is 12.4. The third-order valence-corrected chi connectivity index (χ3v) is 4.89. The van der Waals surface area contributed by atoms with Gasteiger partial charge in [-0.25, -0.2) is 0 Å². The number of carbonyl (C=O) groups excluding carboxylic acids is 1. The van der Waals surface area contributed by atoms with E-state index in [2.05, 4.69) is 15.5 Å². The van der Waals surface area contributed by atoms with E-state index in [4.69, 9.17) is 9.47 Å². The number of carbonyl (C=O) groups is 1. The third-order valence-electron chi connectivity index (χ3n) is 3.87. The molecule has 0 aliphatic rings. The molecule has 0 spiro atoms. The zero-order valence-electron chi connectivity index (χ0n) is 15.3. The fraction of sp³-hybridized carbons (Fsp3) is 0.211. The normalized spacial score (nSPS) is 10.5. The fourth-order valence-corrected chi connectivity index (χ4v) is 3.24. The maximum absolute atomic E-state index is 12.2. The Morgan fingerprint density at radius 3 is 2.70 bits per heavy atom. The molecule has 0 saturated heterocycles. The Morgan fingerprint density at radius 1 is 1.11 bits per heavy atom. The predicted molar refractivity (Wildman–Crippen MR) is 105 cm³/mol. The van der Waals surface area contributed by atoms with Crippen molar-refractivity contribution in [1.29, 1.82) is 0 Å². The van der Waals surface area contributed by atoms with Gasteiger partial charge in [0.15, 0.2) is 11.0 Å². The van der Waals surface area contributed by atoms with Crippen molar-refractivity contribution in [3.8, 4) is 22.9 Å². The predicted octanol–water partition coefficient (Wildman–Crippen LogP) is 3.23.